The Morgan fingerprint density at radius 2 is 2.00 bits per heavy atom. The highest BCUT2D eigenvalue weighted by molar-refractivity contribution is 6.05. The number of pyridine rings is 1. The van der Waals surface area contributed by atoms with Gasteiger partial charge < -0.3 is 14.8 Å². The van der Waals surface area contributed by atoms with E-state index in [4.69, 9.17) is 0 Å². The Morgan fingerprint density at radius 3 is 2.77 bits per heavy atom. The van der Waals surface area contributed by atoms with Crippen LogP contribution >= 0.6 is 0 Å². The number of amides is 2. The predicted molar refractivity (Wildman–Crippen MR) is 119 cm³/mol. The first kappa shape index (κ1) is 20.8. The highest BCUT2D eigenvalue weighted by Gasteiger charge is 2.25. The summed E-state index contributed by atoms with van der Waals surface area (Å²) in [4.78, 5) is 35.9. The molecule has 1 saturated heterocycles. The number of carbonyl (C=O) groups excluding carboxylic acids is 2. The molecule has 1 aromatic carbocycles. The van der Waals surface area contributed by atoms with Crippen molar-refractivity contribution in [2.45, 2.75) is 33.2 Å². The molecule has 0 spiro atoms. The number of aryl methyl sites for hydroxylation is 2. The van der Waals surface area contributed by atoms with Crippen LogP contribution in [-0.2, 0) is 6.54 Å². The molecule has 2 amide bonds. The van der Waals surface area contributed by atoms with Gasteiger partial charge in [-0.25, -0.2) is 4.98 Å². The summed E-state index contributed by atoms with van der Waals surface area (Å²) in [5.74, 6) is 0.177. The Bertz CT molecular complexity index is 1080. The second-order valence-electron chi connectivity index (χ2n) is 8.25. The lowest BCUT2D eigenvalue weighted by molar-refractivity contribution is 0.0662. The summed E-state index contributed by atoms with van der Waals surface area (Å²) in [7, 11) is 0. The van der Waals surface area contributed by atoms with Crippen molar-refractivity contribution in [3.63, 3.8) is 0 Å². The fraction of sp³-hybridized carbons (Fsp3) is 0.333. The second-order valence-corrected chi connectivity index (χ2v) is 8.25. The smallest absolute Gasteiger partial charge is 0.257 e. The zero-order chi connectivity index (χ0) is 21.8. The SMILES string of the molecule is Cc1cncc(C(=O)Nc2cc(C(=O)N3CCCC(Cn4ccnc4)C3)ccc2C)c1. The number of hydrogen-bond donors (Lipinski definition) is 1. The van der Waals surface area contributed by atoms with E-state index >= 15 is 0 Å². The summed E-state index contributed by atoms with van der Waals surface area (Å²) < 4.78 is 2.07. The first-order valence-corrected chi connectivity index (χ1v) is 10.6. The molecule has 31 heavy (non-hydrogen) atoms. The van der Waals surface area contributed by atoms with Crippen LogP contribution in [0.15, 0.2) is 55.4 Å². The molecule has 0 bridgehead atoms. The minimum Gasteiger partial charge on any atom is -0.338 e. The third kappa shape index (κ3) is 4.99. The maximum Gasteiger partial charge on any atom is 0.257 e. The van der Waals surface area contributed by atoms with Crippen LogP contribution in [0.1, 0.15) is 44.7 Å². The Labute approximate surface area is 182 Å². The van der Waals surface area contributed by atoms with Gasteiger partial charge in [0.15, 0.2) is 0 Å². The molecule has 160 valence electrons. The topological polar surface area (TPSA) is 80.1 Å². The minimum atomic E-state index is -0.234. The molecule has 0 aliphatic carbocycles. The number of hydrogen-bond acceptors (Lipinski definition) is 4. The van der Waals surface area contributed by atoms with Gasteiger partial charge in [-0.05, 0) is 61.9 Å². The third-order valence-electron chi connectivity index (χ3n) is 5.70. The van der Waals surface area contributed by atoms with Crippen LogP contribution in [0.4, 0.5) is 5.69 Å². The fourth-order valence-electron chi connectivity index (χ4n) is 4.04. The number of likely N-dealkylation sites (tertiary alicyclic amines) is 1. The molecule has 0 radical (unpaired) electrons. The largest absolute Gasteiger partial charge is 0.338 e. The lowest BCUT2D eigenvalue weighted by atomic mass is 9.97. The van der Waals surface area contributed by atoms with Gasteiger partial charge in [0.25, 0.3) is 11.8 Å². The number of carbonyl (C=O) groups is 2. The first-order chi connectivity index (χ1) is 15.0. The number of anilines is 1. The molecule has 4 rings (SSSR count). The zero-order valence-electron chi connectivity index (χ0n) is 17.9. The van der Waals surface area contributed by atoms with Crippen LogP contribution < -0.4 is 5.32 Å². The Balaban J connectivity index is 1.46. The van der Waals surface area contributed by atoms with E-state index in [2.05, 4.69) is 19.9 Å². The molecule has 3 heterocycles. The van der Waals surface area contributed by atoms with Crippen LogP contribution in [0, 0.1) is 19.8 Å². The number of aromatic nitrogens is 3. The van der Waals surface area contributed by atoms with Gasteiger partial charge in [0.1, 0.15) is 0 Å². The van der Waals surface area contributed by atoms with Crippen molar-refractivity contribution in [2.24, 2.45) is 5.92 Å². The standard InChI is InChI=1S/C24H27N5O2/c1-17-10-21(13-26-12-17)23(30)27-22-11-20(6-5-18(22)2)24(31)29-8-3-4-19(15-29)14-28-9-7-25-16-28/h5-7,9-13,16,19H,3-4,8,14-15H2,1-2H3,(H,27,30). The molecule has 1 unspecified atom stereocenters. The first-order valence-electron chi connectivity index (χ1n) is 10.6. The molecular formula is C24H27N5O2. The molecule has 7 nitrogen and oxygen atoms in total. The highest BCUT2D eigenvalue weighted by Crippen LogP contribution is 2.23. The lowest BCUT2D eigenvalue weighted by Gasteiger charge is -2.33. The Kier molecular flexibility index (Phi) is 6.11. The molecule has 2 aromatic heterocycles. The van der Waals surface area contributed by atoms with Crippen molar-refractivity contribution in [1.29, 1.82) is 0 Å². The van der Waals surface area contributed by atoms with E-state index in [0.29, 0.717) is 22.7 Å². The lowest BCUT2D eigenvalue weighted by Crippen LogP contribution is -2.41. The Morgan fingerprint density at radius 1 is 1.13 bits per heavy atom. The highest BCUT2D eigenvalue weighted by atomic mass is 16.2. The summed E-state index contributed by atoms with van der Waals surface area (Å²) in [5.41, 5.74) is 3.55. The molecule has 0 saturated carbocycles. The number of piperidine rings is 1. The van der Waals surface area contributed by atoms with Crippen molar-refractivity contribution >= 4 is 17.5 Å². The maximum atomic E-state index is 13.2. The van der Waals surface area contributed by atoms with Crippen LogP contribution in [0.2, 0.25) is 0 Å². The van der Waals surface area contributed by atoms with Gasteiger partial charge in [-0.2, -0.15) is 0 Å². The summed E-state index contributed by atoms with van der Waals surface area (Å²) >= 11 is 0. The molecule has 1 aliphatic heterocycles. The molecule has 1 atom stereocenters. The number of rotatable bonds is 5. The van der Waals surface area contributed by atoms with Crippen LogP contribution in [-0.4, -0.2) is 44.3 Å². The number of nitrogens with one attached hydrogen (secondary N) is 1. The van der Waals surface area contributed by atoms with Gasteiger partial charge in [0.05, 0.1) is 11.9 Å². The summed E-state index contributed by atoms with van der Waals surface area (Å²) in [6.07, 6.45) is 10.9. The molecule has 7 heteroatoms. The van der Waals surface area contributed by atoms with E-state index in [0.717, 1.165) is 43.6 Å². The van der Waals surface area contributed by atoms with Crippen molar-refractivity contribution in [1.82, 2.24) is 19.4 Å². The van der Waals surface area contributed by atoms with E-state index in [1.807, 2.05) is 43.4 Å². The maximum absolute atomic E-state index is 13.2. The second kappa shape index (κ2) is 9.12. The minimum absolute atomic E-state index is 0.00283. The summed E-state index contributed by atoms with van der Waals surface area (Å²) in [6.45, 7) is 6.16. The molecule has 1 fully saturated rings. The summed E-state index contributed by atoms with van der Waals surface area (Å²) in [6, 6.07) is 7.28. The van der Waals surface area contributed by atoms with Gasteiger partial charge in [-0.1, -0.05) is 6.07 Å². The van der Waals surface area contributed by atoms with Crippen molar-refractivity contribution < 1.29 is 9.59 Å². The van der Waals surface area contributed by atoms with Crippen molar-refractivity contribution in [3.8, 4) is 0 Å². The van der Waals surface area contributed by atoms with E-state index in [9.17, 15) is 9.59 Å². The number of benzene rings is 1. The van der Waals surface area contributed by atoms with Gasteiger partial charge in [-0.15, -0.1) is 0 Å². The monoisotopic (exact) mass is 417 g/mol. The molecule has 3 aromatic rings. The van der Waals surface area contributed by atoms with Crippen molar-refractivity contribution in [2.75, 3.05) is 18.4 Å². The van der Waals surface area contributed by atoms with Crippen LogP contribution in [0.25, 0.3) is 0 Å². The van der Waals surface area contributed by atoms with Gasteiger partial charge in [0.2, 0.25) is 0 Å². The fourth-order valence-corrected chi connectivity index (χ4v) is 4.04. The number of nitrogens with zero attached hydrogens (tertiary/aromatic N) is 4. The van der Waals surface area contributed by atoms with Gasteiger partial charge in [-0.3, -0.25) is 14.6 Å². The molecular weight excluding hydrogens is 390 g/mol. The quantitative estimate of drug-likeness (QED) is 0.686. The molecule has 1 aliphatic rings. The van der Waals surface area contributed by atoms with Crippen LogP contribution in [0.5, 0.6) is 0 Å². The normalized spacial score (nSPS) is 16.2. The third-order valence-corrected chi connectivity index (χ3v) is 5.70. The Hall–Kier alpha value is -3.48. The van der Waals surface area contributed by atoms with E-state index < -0.39 is 0 Å². The van der Waals surface area contributed by atoms with Crippen molar-refractivity contribution in [3.05, 3.63) is 77.6 Å². The number of imidazole rings is 1. The zero-order valence-corrected chi connectivity index (χ0v) is 17.9. The average molecular weight is 418 g/mol. The van der Waals surface area contributed by atoms with E-state index in [1.165, 1.54) is 0 Å². The van der Waals surface area contributed by atoms with E-state index in [1.54, 1.807) is 30.7 Å². The van der Waals surface area contributed by atoms with Gasteiger partial charge in [0, 0.05) is 55.7 Å². The molecule has 1 N–H and O–H groups in total. The average Bonchev–Trinajstić information content (AvgIpc) is 3.28. The van der Waals surface area contributed by atoms with Gasteiger partial charge >= 0.3 is 0 Å². The van der Waals surface area contributed by atoms with Crippen LogP contribution in [0.3, 0.4) is 0 Å². The predicted octanol–water partition coefficient (Wildman–Crippen LogP) is 3.70. The summed E-state index contributed by atoms with van der Waals surface area (Å²) in [5, 5.41) is 2.93. The van der Waals surface area contributed by atoms with E-state index in [-0.39, 0.29) is 11.8 Å².